The largest absolute Gasteiger partial charge is 0.490 e. The van der Waals surface area contributed by atoms with E-state index in [2.05, 4.69) is 10.0 Å². The van der Waals surface area contributed by atoms with E-state index in [1.54, 1.807) is 48.5 Å². The Balaban J connectivity index is 1.69. The second-order valence-electron chi connectivity index (χ2n) is 6.43. The number of carbonyl (C=O) groups excluding carboxylic acids is 1. The summed E-state index contributed by atoms with van der Waals surface area (Å²) in [5.74, 6) is 0.502. The zero-order valence-corrected chi connectivity index (χ0v) is 17.9. The first-order chi connectivity index (χ1) is 15.0. The molecule has 0 fully saturated rings. The molecule has 31 heavy (non-hydrogen) atoms. The van der Waals surface area contributed by atoms with Gasteiger partial charge in [0.1, 0.15) is 18.1 Å². The minimum atomic E-state index is -3.78. The summed E-state index contributed by atoms with van der Waals surface area (Å²) >= 11 is 0. The SMILES string of the molecule is CCOCCOc1ccccc1C(=O)Nc1cccc(S(=O)(=O)NCc2ccco2)c1. The number of hydrogen-bond donors (Lipinski definition) is 2. The lowest BCUT2D eigenvalue weighted by Crippen LogP contribution is -2.23. The summed E-state index contributed by atoms with van der Waals surface area (Å²) in [6, 6.07) is 16.2. The van der Waals surface area contributed by atoms with Crippen molar-refractivity contribution in [3.63, 3.8) is 0 Å². The number of sulfonamides is 1. The predicted molar refractivity (Wildman–Crippen MR) is 116 cm³/mol. The molecule has 0 saturated heterocycles. The van der Waals surface area contributed by atoms with E-state index in [1.807, 2.05) is 6.92 Å². The van der Waals surface area contributed by atoms with Gasteiger partial charge in [-0.25, -0.2) is 13.1 Å². The van der Waals surface area contributed by atoms with E-state index in [-0.39, 0.29) is 11.4 Å². The number of rotatable bonds is 11. The molecule has 2 aromatic carbocycles. The van der Waals surface area contributed by atoms with Gasteiger partial charge in [0.15, 0.2) is 0 Å². The number of anilines is 1. The highest BCUT2D eigenvalue weighted by Gasteiger charge is 2.17. The minimum absolute atomic E-state index is 0.0260. The summed E-state index contributed by atoms with van der Waals surface area (Å²) in [5, 5.41) is 2.72. The van der Waals surface area contributed by atoms with E-state index in [4.69, 9.17) is 13.9 Å². The van der Waals surface area contributed by atoms with Gasteiger partial charge in [-0.3, -0.25) is 4.79 Å². The van der Waals surface area contributed by atoms with Crippen molar-refractivity contribution in [3.05, 3.63) is 78.3 Å². The van der Waals surface area contributed by atoms with E-state index < -0.39 is 15.9 Å². The highest BCUT2D eigenvalue weighted by atomic mass is 32.2. The van der Waals surface area contributed by atoms with Crippen molar-refractivity contribution < 1.29 is 27.1 Å². The van der Waals surface area contributed by atoms with E-state index in [1.165, 1.54) is 18.4 Å². The minimum Gasteiger partial charge on any atom is -0.490 e. The Kier molecular flexibility index (Phi) is 7.82. The van der Waals surface area contributed by atoms with Crippen LogP contribution in [-0.4, -0.2) is 34.1 Å². The standard InChI is InChI=1S/C22H24N2O6S/c1-2-28-13-14-30-21-11-4-3-10-20(21)22(25)24-17-7-5-9-19(15-17)31(26,27)23-16-18-8-6-12-29-18/h3-12,15,23H,2,13-14,16H2,1H3,(H,24,25). The number of hydrogen-bond acceptors (Lipinski definition) is 6. The van der Waals surface area contributed by atoms with Crippen molar-refractivity contribution in [3.8, 4) is 5.75 Å². The van der Waals surface area contributed by atoms with Crippen LogP contribution in [0, 0.1) is 0 Å². The molecule has 9 heteroatoms. The molecule has 1 heterocycles. The lowest BCUT2D eigenvalue weighted by atomic mass is 10.2. The Morgan fingerprint density at radius 3 is 2.65 bits per heavy atom. The molecule has 2 N–H and O–H groups in total. The molecule has 1 aromatic heterocycles. The Morgan fingerprint density at radius 2 is 1.87 bits per heavy atom. The smallest absolute Gasteiger partial charge is 0.259 e. The third kappa shape index (κ3) is 6.42. The van der Waals surface area contributed by atoms with Crippen LogP contribution >= 0.6 is 0 Å². The van der Waals surface area contributed by atoms with Crippen LogP contribution < -0.4 is 14.8 Å². The van der Waals surface area contributed by atoms with Crippen LogP contribution in [0.1, 0.15) is 23.0 Å². The molecule has 3 rings (SSSR count). The molecule has 0 aliphatic heterocycles. The maximum Gasteiger partial charge on any atom is 0.259 e. The van der Waals surface area contributed by atoms with Crippen LogP contribution in [0.15, 0.2) is 76.2 Å². The molecular formula is C22H24N2O6S. The molecule has 0 saturated carbocycles. The van der Waals surface area contributed by atoms with Crippen molar-refractivity contribution in [2.75, 3.05) is 25.1 Å². The van der Waals surface area contributed by atoms with E-state index in [9.17, 15) is 13.2 Å². The zero-order valence-electron chi connectivity index (χ0n) is 17.0. The molecular weight excluding hydrogens is 420 g/mol. The van der Waals surface area contributed by atoms with Gasteiger partial charge in [-0.1, -0.05) is 18.2 Å². The maximum atomic E-state index is 12.8. The molecule has 0 atom stereocenters. The molecule has 164 valence electrons. The monoisotopic (exact) mass is 444 g/mol. The van der Waals surface area contributed by atoms with Gasteiger partial charge in [0.2, 0.25) is 10.0 Å². The fourth-order valence-corrected chi connectivity index (χ4v) is 3.78. The van der Waals surface area contributed by atoms with E-state index in [0.29, 0.717) is 42.6 Å². The molecule has 0 aliphatic carbocycles. The van der Waals surface area contributed by atoms with Gasteiger partial charge < -0.3 is 19.2 Å². The maximum absolute atomic E-state index is 12.8. The third-order valence-electron chi connectivity index (χ3n) is 4.24. The fourth-order valence-electron chi connectivity index (χ4n) is 2.74. The molecule has 0 bridgehead atoms. The van der Waals surface area contributed by atoms with Crippen molar-refractivity contribution in [2.24, 2.45) is 0 Å². The van der Waals surface area contributed by atoms with Gasteiger partial charge in [-0.05, 0) is 49.4 Å². The van der Waals surface area contributed by atoms with Gasteiger partial charge in [0.05, 0.1) is 29.9 Å². The van der Waals surface area contributed by atoms with Crippen molar-refractivity contribution in [2.45, 2.75) is 18.4 Å². The summed E-state index contributed by atoms with van der Waals surface area (Å²) in [4.78, 5) is 12.8. The number of amides is 1. The van der Waals surface area contributed by atoms with Crippen LogP contribution in [0.4, 0.5) is 5.69 Å². The fraction of sp³-hybridized carbons (Fsp3) is 0.227. The Labute approximate surface area is 181 Å². The van der Waals surface area contributed by atoms with Crippen LogP contribution in [0.3, 0.4) is 0 Å². The molecule has 0 aliphatic rings. The summed E-state index contributed by atoms with van der Waals surface area (Å²) in [6.45, 7) is 3.23. The summed E-state index contributed by atoms with van der Waals surface area (Å²) in [5.41, 5.74) is 0.679. The average molecular weight is 445 g/mol. The van der Waals surface area contributed by atoms with Gasteiger partial charge in [0.25, 0.3) is 5.91 Å². The highest BCUT2D eigenvalue weighted by molar-refractivity contribution is 7.89. The molecule has 0 radical (unpaired) electrons. The van der Waals surface area contributed by atoms with Crippen molar-refractivity contribution >= 4 is 21.6 Å². The average Bonchev–Trinajstić information content (AvgIpc) is 3.30. The van der Waals surface area contributed by atoms with Crippen LogP contribution in [0.2, 0.25) is 0 Å². The second kappa shape index (κ2) is 10.8. The van der Waals surface area contributed by atoms with Gasteiger partial charge in [0, 0.05) is 12.3 Å². The zero-order chi connectivity index (χ0) is 22.1. The molecule has 1 amide bonds. The van der Waals surface area contributed by atoms with Crippen LogP contribution in [0.5, 0.6) is 5.75 Å². The summed E-state index contributed by atoms with van der Waals surface area (Å²) in [6.07, 6.45) is 1.47. The number of ether oxygens (including phenoxy) is 2. The Bertz CT molecular complexity index is 1100. The predicted octanol–water partition coefficient (Wildman–Crippen LogP) is 3.43. The topological polar surface area (TPSA) is 107 Å². The molecule has 0 unspecified atom stereocenters. The van der Waals surface area contributed by atoms with Crippen molar-refractivity contribution in [1.29, 1.82) is 0 Å². The van der Waals surface area contributed by atoms with E-state index in [0.717, 1.165) is 0 Å². The second-order valence-corrected chi connectivity index (χ2v) is 8.19. The number of benzene rings is 2. The normalized spacial score (nSPS) is 11.3. The van der Waals surface area contributed by atoms with Gasteiger partial charge in [-0.2, -0.15) is 0 Å². The molecule has 3 aromatic rings. The molecule has 0 spiro atoms. The van der Waals surface area contributed by atoms with E-state index >= 15 is 0 Å². The molecule has 8 nitrogen and oxygen atoms in total. The summed E-state index contributed by atoms with van der Waals surface area (Å²) in [7, 11) is -3.78. The first kappa shape index (κ1) is 22.5. The van der Waals surface area contributed by atoms with Gasteiger partial charge in [-0.15, -0.1) is 0 Å². The third-order valence-corrected chi connectivity index (χ3v) is 5.64. The van der Waals surface area contributed by atoms with Gasteiger partial charge >= 0.3 is 0 Å². The number of carbonyl (C=O) groups is 1. The summed E-state index contributed by atoms with van der Waals surface area (Å²) < 4.78 is 43.6. The highest BCUT2D eigenvalue weighted by Crippen LogP contribution is 2.21. The van der Waals surface area contributed by atoms with Crippen LogP contribution in [0.25, 0.3) is 0 Å². The first-order valence-corrected chi connectivity index (χ1v) is 11.2. The van der Waals surface area contributed by atoms with Crippen LogP contribution in [-0.2, 0) is 21.3 Å². The Morgan fingerprint density at radius 1 is 1.03 bits per heavy atom. The quantitative estimate of drug-likeness (QED) is 0.439. The Hall–Kier alpha value is -3.14. The number of furan rings is 1. The lowest BCUT2D eigenvalue weighted by Gasteiger charge is -2.12. The van der Waals surface area contributed by atoms with Crippen molar-refractivity contribution in [1.82, 2.24) is 4.72 Å². The first-order valence-electron chi connectivity index (χ1n) is 9.72. The number of para-hydroxylation sites is 1. The number of nitrogens with one attached hydrogen (secondary N) is 2. The lowest BCUT2D eigenvalue weighted by molar-refractivity contribution is 0.0998.